The summed E-state index contributed by atoms with van der Waals surface area (Å²) in [5.74, 6) is 0.0151. The molecular formula is C9H11N4NaO6P+. The fourth-order valence-electron chi connectivity index (χ4n) is 1.22. The third kappa shape index (κ3) is 6.13. The second-order valence-corrected chi connectivity index (χ2v) is 4.55. The summed E-state index contributed by atoms with van der Waals surface area (Å²) in [4.78, 5) is 19.9. The summed E-state index contributed by atoms with van der Waals surface area (Å²) in [6, 6.07) is 3.06. The van der Waals surface area contributed by atoms with Gasteiger partial charge in [-0.25, -0.2) is 4.52 Å². The largest absolute Gasteiger partial charge is 1.00 e. The second kappa shape index (κ2) is 8.63. The molecule has 108 valence electrons. The number of hydrogen-bond donors (Lipinski definition) is 1. The van der Waals surface area contributed by atoms with E-state index in [1.54, 1.807) is 0 Å². The van der Waals surface area contributed by atoms with E-state index in [0.29, 0.717) is 0 Å². The number of nitro groups is 2. The number of nitro benzene ring substituents is 2. The number of rotatable bonds is 5. The van der Waals surface area contributed by atoms with Gasteiger partial charge >= 0.3 is 43.3 Å². The zero-order valence-corrected chi connectivity index (χ0v) is 14.4. The molecule has 1 unspecified atom stereocenters. The molecule has 1 N–H and O–H groups in total. The minimum absolute atomic E-state index is 0. The molecule has 0 heterocycles. The van der Waals surface area contributed by atoms with Crippen molar-refractivity contribution in [1.82, 2.24) is 0 Å². The molecule has 0 aliphatic rings. The number of anilines is 1. The Labute approximate surface area is 143 Å². The molecule has 0 amide bonds. The van der Waals surface area contributed by atoms with E-state index in [1.807, 2.05) is 0 Å². The molecule has 0 aliphatic heterocycles. The molecule has 0 fully saturated rings. The number of hydrogen-bond acceptors (Lipinski definition) is 8. The Bertz CT molecular complexity index is 614. The van der Waals surface area contributed by atoms with Crippen LogP contribution in [-0.4, -0.2) is 22.4 Å². The predicted octanol–water partition coefficient (Wildman–Crippen LogP) is -0.246. The monoisotopic (exact) mass is 325 g/mol. The normalized spacial score (nSPS) is 11.1. The molecule has 12 heteroatoms. The van der Waals surface area contributed by atoms with Gasteiger partial charge in [0.15, 0.2) is 6.66 Å². The Morgan fingerprint density at radius 1 is 1.38 bits per heavy atom. The van der Waals surface area contributed by atoms with Gasteiger partial charge in [0.25, 0.3) is 11.6 Å². The van der Waals surface area contributed by atoms with E-state index in [0.717, 1.165) is 18.2 Å². The van der Waals surface area contributed by atoms with Crippen LogP contribution in [0, 0.1) is 20.2 Å². The van der Waals surface area contributed by atoms with Crippen LogP contribution in [0.4, 0.5) is 17.1 Å². The van der Waals surface area contributed by atoms with Crippen LogP contribution < -0.4 is 35.0 Å². The van der Waals surface area contributed by atoms with E-state index < -0.39 is 29.2 Å². The predicted molar refractivity (Wildman–Crippen MR) is 72.2 cm³/mol. The average Bonchev–Trinajstić information content (AvgIpc) is 2.35. The minimum atomic E-state index is -1.90. The molecule has 10 nitrogen and oxygen atoms in total. The van der Waals surface area contributed by atoms with Crippen molar-refractivity contribution in [3.8, 4) is 0 Å². The molecule has 0 bridgehead atoms. The van der Waals surface area contributed by atoms with Crippen LogP contribution in [0.15, 0.2) is 23.3 Å². The van der Waals surface area contributed by atoms with Crippen molar-refractivity contribution in [2.24, 2.45) is 5.10 Å². The maximum atomic E-state index is 10.8. The summed E-state index contributed by atoms with van der Waals surface area (Å²) in [6.07, 6.45) is 0. The zero-order chi connectivity index (χ0) is 15.3. The molecule has 21 heavy (non-hydrogen) atoms. The van der Waals surface area contributed by atoms with Crippen molar-refractivity contribution >= 4 is 31.0 Å². The third-order valence-electron chi connectivity index (χ3n) is 1.98. The van der Waals surface area contributed by atoms with E-state index in [4.69, 9.17) is 4.52 Å². The standard InChI is InChI=1S/C9H10N4O6P.Na.H/c1-6(19-20(2)18)10-11-8-4-3-7(12(14)15)5-9(8)13(16)17;;/h3-5,11H,1-2H3;;/q2*+1;-1. The Hall–Kier alpha value is -1.61. The molecule has 0 saturated carbocycles. The number of hydrazone groups is 1. The number of non-ortho nitro benzene ring substituents is 1. The smallest absolute Gasteiger partial charge is 1.00 e. The molecule has 1 atom stereocenters. The second-order valence-electron chi connectivity index (χ2n) is 3.49. The van der Waals surface area contributed by atoms with E-state index in [9.17, 15) is 24.8 Å². The van der Waals surface area contributed by atoms with Crippen molar-refractivity contribution in [2.75, 3.05) is 12.1 Å². The molecular weight excluding hydrogens is 314 g/mol. The SMILES string of the molecule is CC(=NNc1ccc([N+](=O)[O-])cc1[N+](=O)[O-])O[P+](C)=O.[H-].[Na+]. The Morgan fingerprint density at radius 2 is 2.00 bits per heavy atom. The van der Waals surface area contributed by atoms with Crippen LogP contribution in [0.3, 0.4) is 0 Å². The van der Waals surface area contributed by atoms with Gasteiger partial charge in [-0.1, -0.05) is 0 Å². The Kier molecular flexibility index (Phi) is 7.97. The molecule has 1 aromatic carbocycles. The van der Waals surface area contributed by atoms with Gasteiger partial charge < -0.3 is 1.43 Å². The van der Waals surface area contributed by atoms with Gasteiger partial charge in [-0.15, -0.1) is 5.10 Å². The van der Waals surface area contributed by atoms with E-state index in [-0.39, 0.29) is 42.6 Å². The molecule has 0 aliphatic carbocycles. The van der Waals surface area contributed by atoms with Crippen molar-refractivity contribution in [1.29, 1.82) is 0 Å². The third-order valence-corrected chi connectivity index (χ3v) is 2.50. The van der Waals surface area contributed by atoms with Gasteiger partial charge in [-0.05, 0) is 10.6 Å². The number of nitrogens with one attached hydrogen (secondary N) is 1. The van der Waals surface area contributed by atoms with Crippen molar-refractivity contribution in [3.05, 3.63) is 38.4 Å². The van der Waals surface area contributed by atoms with E-state index >= 15 is 0 Å². The first kappa shape index (κ1) is 19.4. The topological polar surface area (TPSA) is 137 Å². The van der Waals surface area contributed by atoms with Gasteiger partial charge in [-0.2, -0.15) is 0 Å². The first-order chi connectivity index (χ1) is 9.31. The van der Waals surface area contributed by atoms with Crippen LogP contribution >= 0.6 is 8.03 Å². The maximum absolute atomic E-state index is 10.8. The summed E-state index contributed by atoms with van der Waals surface area (Å²) in [6.45, 7) is 2.73. The summed E-state index contributed by atoms with van der Waals surface area (Å²) in [7, 11) is -1.90. The van der Waals surface area contributed by atoms with Crippen LogP contribution in [0.1, 0.15) is 8.35 Å². The van der Waals surface area contributed by atoms with Crippen LogP contribution in [0.5, 0.6) is 0 Å². The summed E-state index contributed by atoms with van der Waals surface area (Å²) in [5.41, 5.74) is 1.38. The summed E-state index contributed by atoms with van der Waals surface area (Å²) in [5, 5.41) is 25.0. The van der Waals surface area contributed by atoms with Gasteiger partial charge in [0.1, 0.15) is 5.69 Å². The first-order valence-electron chi connectivity index (χ1n) is 5.13. The fraction of sp³-hybridized carbons (Fsp3) is 0.222. The van der Waals surface area contributed by atoms with Crippen LogP contribution in [-0.2, 0) is 9.09 Å². The van der Waals surface area contributed by atoms with Crippen LogP contribution in [0.25, 0.3) is 0 Å². The van der Waals surface area contributed by atoms with Gasteiger partial charge in [0.2, 0.25) is 0 Å². The maximum Gasteiger partial charge on any atom is 1.00 e. The van der Waals surface area contributed by atoms with E-state index in [1.165, 1.54) is 13.6 Å². The summed E-state index contributed by atoms with van der Waals surface area (Å²) >= 11 is 0. The molecule has 0 radical (unpaired) electrons. The van der Waals surface area contributed by atoms with Gasteiger partial charge in [-0.3, -0.25) is 25.7 Å². The van der Waals surface area contributed by atoms with E-state index in [2.05, 4.69) is 10.5 Å². The summed E-state index contributed by atoms with van der Waals surface area (Å²) < 4.78 is 15.5. The fourth-order valence-corrected chi connectivity index (χ4v) is 1.64. The number of nitrogens with zero attached hydrogens (tertiary/aromatic N) is 3. The molecule has 1 aromatic rings. The average molecular weight is 325 g/mol. The molecule has 1 rings (SSSR count). The van der Waals surface area contributed by atoms with Crippen molar-refractivity contribution < 1.29 is 49.9 Å². The molecule has 0 aromatic heterocycles. The zero-order valence-electron chi connectivity index (χ0n) is 12.5. The first-order valence-corrected chi connectivity index (χ1v) is 6.75. The Morgan fingerprint density at radius 3 is 2.48 bits per heavy atom. The van der Waals surface area contributed by atoms with Crippen molar-refractivity contribution in [3.63, 3.8) is 0 Å². The van der Waals surface area contributed by atoms with Gasteiger partial charge in [0.05, 0.1) is 15.9 Å². The minimum Gasteiger partial charge on any atom is -1.00 e. The van der Waals surface area contributed by atoms with Crippen LogP contribution in [0.2, 0.25) is 0 Å². The number of benzene rings is 1. The Balaban J connectivity index is 0. The van der Waals surface area contributed by atoms with Gasteiger partial charge in [0, 0.05) is 13.0 Å². The molecule has 0 spiro atoms. The van der Waals surface area contributed by atoms with Crippen molar-refractivity contribution in [2.45, 2.75) is 6.92 Å². The molecule has 0 saturated heterocycles. The quantitative estimate of drug-likeness (QED) is 0.197.